The molecule has 4 rings (SSSR count). The number of hydrogen-bond donors (Lipinski definition) is 0. The lowest BCUT2D eigenvalue weighted by molar-refractivity contribution is 0.136. The molecule has 3 heterocycles. The van der Waals surface area contributed by atoms with E-state index in [0.717, 1.165) is 42.8 Å². The number of piperidine rings is 1. The first-order chi connectivity index (χ1) is 13.9. The molecule has 1 atom stereocenters. The van der Waals surface area contributed by atoms with Crippen molar-refractivity contribution in [3.05, 3.63) is 64.1 Å². The van der Waals surface area contributed by atoms with Crippen LogP contribution in [0, 0.1) is 5.82 Å². The third-order valence-electron chi connectivity index (χ3n) is 5.23. The van der Waals surface area contributed by atoms with Gasteiger partial charge in [0.05, 0.1) is 24.5 Å². The molecule has 0 amide bonds. The van der Waals surface area contributed by atoms with Crippen molar-refractivity contribution in [2.75, 3.05) is 12.8 Å². The largest absolute Gasteiger partial charge is 0.313 e. The highest BCUT2D eigenvalue weighted by Gasteiger charge is 2.28. The third-order valence-corrected chi connectivity index (χ3v) is 7.10. The number of thiazole rings is 1. The fourth-order valence-electron chi connectivity index (χ4n) is 3.85. The second-order valence-corrected chi connectivity index (χ2v) is 10.2. The van der Waals surface area contributed by atoms with E-state index in [2.05, 4.69) is 14.9 Å². The standard InChI is InChI=1S/C20H23FN4O2S2/c1-29(26,27)20-23-12-16(25(20)13-15-6-2-3-7-17(15)21)14-24-10-5-4-8-18(24)19-22-9-11-28-19/h2-3,6-7,9,11-12,18H,4-5,8,10,13-14H2,1H3. The predicted octanol–water partition coefficient (Wildman–Crippen LogP) is 3.66. The molecule has 1 fully saturated rings. The van der Waals surface area contributed by atoms with Crippen LogP contribution in [-0.4, -0.2) is 40.7 Å². The fraction of sp³-hybridized carbons (Fsp3) is 0.400. The van der Waals surface area contributed by atoms with Gasteiger partial charge >= 0.3 is 0 Å². The Morgan fingerprint density at radius 2 is 2.03 bits per heavy atom. The van der Waals surface area contributed by atoms with Crippen LogP contribution in [0.3, 0.4) is 0 Å². The lowest BCUT2D eigenvalue weighted by atomic mass is 10.0. The molecule has 9 heteroatoms. The topological polar surface area (TPSA) is 68.1 Å². The molecule has 154 valence electrons. The zero-order chi connectivity index (χ0) is 20.4. The highest BCUT2D eigenvalue weighted by molar-refractivity contribution is 7.90. The van der Waals surface area contributed by atoms with E-state index < -0.39 is 9.84 Å². The maximum absolute atomic E-state index is 14.2. The van der Waals surface area contributed by atoms with Gasteiger partial charge in [-0.1, -0.05) is 24.6 Å². The summed E-state index contributed by atoms with van der Waals surface area (Å²) >= 11 is 1.64. The van der Waals surface area contributed by atoms with Gasteiger partial charge in [-0.2, -0.15) is 0 Å². The van der Waals surface area contributed by atoms with Crippen molar-refractivity contribution in [3.8, 4) is 0 Å². The molecule has 29 heavy (non-hydrogen) atoms. The monoisotopic (exact) mass is 434 g/mol. The van der Waals surface area contributed by atoms with Crippen LogP contribution in [0.1, 0.15) is 41.6 Å². The maximum atomic E-state index is 14.2. The first-order valence-corrected chi connectivity index (χ1v) is 12.3. The van der Waals surface area contributed by atoms with Crippen molar-refractivity contribution >= 4 is 21.2 Å². The summed E-state index contributed by atoms with van der Waals surface area (Å²) in [5.41, 5.74) is 1.20. The average molecular weight is 435 g/mol. The van der Waals surface area contributed by atoms with Crippen molar-refractivity contribution in [2.45, 2.75) is 43.6 Å². The summed E-state index contributed by atoms with van der Waals surface area (Å²) in [6, 6.07) is 6.64. The Labute approximate surface area is 174 Å². The summed E-state index contributed by atoms with van der Waals surface area (Å²) in [5.74, 6) is -0.356. The third kappa shape index (κ3) is 4.41. The van der Waals surface area contributed by atoms with Gasteiger partial charge in [0, 0.05) is 29.9 Å². The zero-order valence-corrected chi connectivity index (χ0v) is 17.8. The average Bonchev–Trinajstić information content (AvgIpc) is 3.34. The van der Waals surface area contributed by atoms with Crippen LogP contribution in [0.15, 0.2) is 47.2 Å². The van der Waals surface area contributed by atoms with E-state index in [0.29, 0.717) is 12.1 Å². The summed E-state index contributed by atoms with van der Waals surface area (Å²) in [6.07, 6.45) is 7.80. The van der Waals surface area contributed by atoms with Gasteiger partial charge in [-0.25, -0.2) is 22.8 Å². The molecule has 1 aromatic carbocycles. The van der Waals surface area contributed by atoms with E-state index in [-0.39, 0.29) is 23.6 Å². The number of halogens is 1. The maximum Gasteiger partial charge on any atom is 0.227 e. The number of likely N-dealkylation sites (tertiary alicyclic amines) is 1. The smallest absolute Gasteiger partial charge is 0.227 e. The molecule has 0 N–H and O–H groups in total. The lowest BCUT2D eigenvalue weighted by Gasteiger charge is -2.34. The molecule has 0 bridgehead atoms. The van der Waals surface area contributed by atoms with Gasteiger partial charge in [0.15, 0.2) is 0 Å². The van der Waals surface area contributed by atoms with Gasteiger partial charge in [-0.15, -0.1) is 11.3 Å². The highest BCUT2D eigenvalue weighted by Crippen LogP contribution is 2.33. The first kappa shape index (κ1) is 20.2. The van der Waals surface area contributed by atoms with Crippen LogP contribution in [-0.2, 0) is 22.9 Å². The van der Waals surface area contributed by atoms with E-state index in [4.69, 9.17) is 0 Å². The van der Waals surface area contributed by atoms with Gasteiger partial charge < -0.3 is 4.57 Å². The Morgan fingerprint density at radius 3 is 2.76 bits per heavy atom. The van der Waals surface area contributed by atoms with Gasteiger partial charge in [0.25, 0.3) is 0 Å². The van der Waals surface area contributed by atoms with E-state index in [1.165, 1.54) is 6.07 Å². The molecule has 0 radical (unpaired) electrons. The molecular weight excluding hydrogens is 411 g/mol. The van der Waals surface area contributed by atoms with Crippen LogP contribution in [0.5, 0.6) is 0 Å². The minimum Gasteiger partial charge on any atom is -0.313 e. The summed E-state index contributed by atoms with van der Waals surface area (Å²) in [5, 5.41) is 3.03. The molecule has 0 aliphatic carbocycles. The minimum atomic E-state index is -3.54. The van der Waals surface area contributed by atoms with Crippen molar-refractivity contribution < 1.29 is 12.8 Å². The van der Waals surface area contributed by atoms with E-state index in [1.807, 2.05) is 11.6 Å². The fourth-order valence-corrected chi connectivity index (χ4v) is 5.48. The van der Waals surface area contributed by atoms with Gasteiger partial charge in [0.2, 0.25) is 15.0 Å². The van der Waals surface area contributed by atoms with E-state index >= 15 is 0 Å². The number of hydrogen-bond acceptors (Lipinski definition) is 6. The summed E-state index contributed by atoms with van der Waals surface area (Å²) in [4.78, 5) is 11.0. The van der Waals surface area contributed by atoms with Crippen LogP contribution in [0.25, 0.3) is 0 Å². The number of imidazole rings is 1. The molecule has 3 aromatic rings. The molecule has 1 saturated heterocycles. The SMILES string of the molecule is CS(=O)(=O)c1ncc(CN2CCCCC2c2nccs2)n1Cc1ccccc1F. The molecule has 6 nitrogen and oxygen atoms in total. The Balaban J connectivity index is 1.68. The van der Waals surface area contributed by atoms with Crippen molar-refractivity contribution in [2.24, 2.45) is 0 Å². The summed E-state index contributed by atoms with van der Waals surface area (Å²) < 4.78 is 40.4. The Bertz CT molecular complexity index is 1080. The van der Waals surface area contributed by atoms with E-state index in [1.54, 1.807) is 40.3 Å². The van der Waals surface area contributed by atoms with Gasteiger partial charge in [0.1, 0.15) is 10.8 Å². The van der Waals surface area contributed by atoms with Crippen LogP contribution < -0.4 is 0 Å². The second-order valence-electron chi connectivity index (χ2n) is 7.33. The number of aromatic nitrogens is 3. The second kappa shape index (κ2) is 8.33. The molecule has 1 aliphatic heterocycles. The highest BCUT2D eigenvalue weighted by atomic mass is 32.2. The summed E-state index contributed by atoms with van der Waals surface area (Å²) in [7, 11) is -3.54. The number of benzene rings is 1. The molecule has 0 spiro atoms. The summed E-state index contributed by atoms with van der Waals surface area (Å²) in [6.45, 7) is 1.57. The molecule has 1 aliphatic rings. The molecular formula is C20H23FN4O2S2. The minimum absolute atomic E-state index is 0.0291. The Kier molecular flexibility index (Phi) is 5.80. The predicted molar refractivity (Wildman–Crippen MR) is 110 cm³/mol. The number of sulfone groups is 1. The Hall–Kier alpha value is -2.10. The first-order valence-electron chi connectivity index (χ1n) is 9.55. The lowest BCUT2D eigenvalue weighted by Crippen LogP contribution is -2.33. The van der Waals surface area contributed by atoms with Crippen molar-refractivity contribution in [3.63, 3.8) is 0 Å². The Morgan fingerprint density at radius 1 is 1.21 bits per heavy atom. The quantitative estimate of drug-likeness (QED) is 0.592. The van der Waals surface area contributed by atoms with Crippen LogP contribution in [0.2, 0.25) is 0 Å². The number of rotatable bonds is 6. The van der Waals surface area contributed by atoms with Gasteiger partial charge in [-0.3, -0.25) is 4.90 Å². The van der Waals surface area contributed by atoms with Crippen molar-refractivity contribution in [1.82, 2.24) is 19.4 Å². The molecule has 0 saturated carbocycles. The molecule has 1 unspecified atom stereocenters. The number of nitrogens with zero attached hydrogens (tertiary/aromatic N) is 4. The van der Waals surface area contributed by atoms with Gasteiger partial charge in [-0.05, 0) is 25.5 Å². The van der Waals surface area contributed by atoms with Crippen LogP contribution in [0.4, 0.5) is 4.39 Å². The van der Waals surface area contributed by atoms with Crippen LogP contribution >= 0.6 is 11.3 Å². The molecule has 2 aromatic heterocycles. The normalized spacial score (nSPS) is 18.2. The van der Waals surface area contributed by atoms with Crippen molar-refractivity contribution in [1.29, 1.82) is 0 Å². The van der Waals surface area contributed by atoms with E-state index in [9.17, 15) is 12.8 Å². The zero-order valence-electron chi connectivity index (χ0n) is 16.2.